The van der Waals surface area contributed by atoms with Gasteiger partial charge in [0.25, 0.3) is 0 Å². The van der Waals surface area contributed by atoms with Gasteiger partial charge in [0, 0.05) is 11.7 Å². The summed E-state index contributed by atoms with van der Waals surface area (Å²) in [5.41, 5.74) is 4.09. The van der Waals surface area contributed by atoms with Gasteiger partial charge in [-0.1, -0.05) is 79.9 Å². The van der Waals surface area contributed by atoms with Gasteiger partial charge in [-0.15, -0.1) is 0 Å². The fraction of sp³-hybridized carbons (Fsp3) is 0.682. The van der Waals surface area contributed by atoms with Gasteiger partial charge in [-0.3, -0.25) is 4.79 Å². The van der Waals surface area contributed by atoms with Crippen molar-refractivity contribution in [3.05, 3.63) is 34.4 Å². The van der Waals surface area contributed by atoms with E-state index in [0.29, 0.717) is 12.1 Å². The monoisotopic (exact) mass is 364 g/mol. The van der Waals surface area contributed by atoms with Crippen molar-refractivity contribution in [2.75, 3.05) is 6.16 Å². The van der Waals surface area contributed by atoms with Gasteiger partial charge >= 0.3 is 0 Å². The molecule has 0 aliphatic heterocycles. The highest BCUT2D eigenvalue weighted by atomic mass is 31.1. The number of rotatable bonds is 10. The first-order valence-corrected chi connectivity index (χ1v) is 11.6. The van der Waals surface area contributed by atoms with E-state index >= 15 is 0 Å². The zero-order chi connectivity index (χ0) is 19.1. The number of carbonyl (C=O) groups is 1. The van der Waals surface area contributed by atoms with E-state index in [0.717, 1.165) is 42.4 Å². The first-order chi connectivity index (χ1) is 11.7. The Morgan fingerprint density at radius 3 is 1.80 bits per heavy atom. The van der Waals surface area contributed by atoms with Crippen molar-refractivity contribution in [2.45, 2.75) is 91.9 Å². The fourth-order valence-corrected chi connectivity index (χ4v) is 4.55. The lowest BCUT2D eigenvalue weighted by Gasteiger charge is -2.22. The molecular formula is C22H37O2P. The third-order valence-electron chi connectivity index (χ3n) is 4.87. The lowest BCUT2D eigenvalue weighted by Crippen LogP contribution is -2.10. The van der Waals surface area contributed by atoms with Crippen LogP contribution in [0.1, 0.15) is 119 Å². The largest absolute Gasteiger partial charge is 0.318 e. The predicted octanol–water partition coefficient (Wildman–Crippen LogP) is 7.34. The zero-order valence-corrected chi connectivity index (χ0v) is 18.2. The summed E-state index contributed by atoms with van der Waals surface area (Å²) in [5, 5.41) is 0. The van der Waals surface area contributed by atoms with Crippen molar-refractivity contribution in [3.8, 4) is 0 Å². The van der Waals surface area contributed by atoms with Crippen LogP contribution in [0.4, 0.5) is 0 Å². The van der Waals surface area contributed by atoms with Gasteiger partial charge < -0.3 is 4.57 Å². The SMILES string of the molecule is CCCCCC[PH](=O)C(=O)c1c(C(C)C)cc(C(C)C)cc1C(C)C. The summed E-state index contributed by atoms with van der Waals surface area (Å²) in [5.74, 6) is 0.931. The van der Waals surface area contributed by atoms with Gasteiger partial charge in [-0.05, 0) is 40.9 Å². The summed E-state index contributed by atoms with van der Waals surface area (Å²) in [7, 11) is -2.23. The van der Waals surface area contributed by atoms with Gasteiger partial charge in [-0.2, -0.15) is 0 Å². The minimum absolute atomic E-state index is 0.0933. The van der Waals surface area contributed by atoms with Gasteiger partial charge in [0.2, 0.25) is 5.52 Å². The molecule has 2 nitrogen and oxygen atoms in total. The third kappa shape index (κ3) is 6.10. The van der Waals surface area contributed by atoms with Crippen LogP contribution in [0.5, 0.6) is 0 Å². The van der Waals surface area contributed by atoms with E-state index in [1.807, 2.05) is 0 Å². The van der Waals surface area contributed by atoms with Crippen molar-refractivity contribution < 1.29 is 9.36 Å². The molecule has 1 unspecified atom stereocenters. The predicted molar refractivity (Wildman–Crippen MR) is 111 cm³/mol. The summed E-state index contributed by atoms with van der Waals surface area (Å²) in [6, 6.07) is 4.33. The van der Waals surface area contributed by atoms with Gasteiger partial charge in [0.05, 0.1) is 0 Å². The molecule has 0 radical (unpaired) electrons. The van der Waals surface area contributed by atoms with Crippen LogP contribution < -0.4 is 0 Å². The molecule has 0 amide bonds. The first-order valence-electron chi connectivity index (χ1n) is 9.95. The third-order valence-corrected chi connectivity index (χ3v) is 6.43. The molecule has 1 aromatic rings. The van der Waals surface area contributed by atoms with Crippen LogP contribution in [0.25, 0.3) is 0 Å². The quantitative estimate of drug-likeness (QED) is 0.321. The Bertz CT molecular complexity index is 571. The molecule has 0 N–H and O–H groups in total. The number of benzene rings is 1. The van der Waals surface area contributed by atoms with Crippen LogP contribution in [0.3, 0.4) is 0 Å². The molecule has 0 fully saturated rings. The Labute approximate surface area is 155 Å². The number of hydrogen-bond acceptors (Lipinski definition) is 2. The number of unbranched alkanes of at least 4 members (excludes halogenated alkanes) is 3. The van der Waals surface area contributed by atoms with Crippen molar-refractivity contribution in [3.63, 3.8) is 0 Å². The Morgan fingerprint density at radius 1 is 0.880 bits per heavy atom. The molecule has 25 heavy (non-hydrogen) atoms. The van der Waals surface area contributed by atoms with Gasteiger partial charge in [-0.25, -0.2) is 0 Å². The second-order valence-electron chi connectivity index (χ2n) is 8.10. The van der Waals surface area contributed by atoms with Crippen molar-refractivity contribution in [1.82, 2.24) is 0 Å². The smallest absolute Gasteiger partial charge is 0.219 e. The molecule has 0 saturated carbocycles. The molecule has 1 rings (SSSR count). The molecule has 0 spiro atoms. The van der Waals surface area contributed by atoms with Crippen molar-refractivity contribution in [2.24, 2.45) is 0 Å². The molecule has 1 aromatic carbocycles. The normalized spacial score (nSPS) is 13.0. The minimum atomic E-state index is -2.23. The van der Waals surface area contributed by atoms with E-state index in [9.17, 15) is 9.36 Å². The van der Waals surface area contributed by atoms with Crippen LogP contribution in [-0.2, 0) is 4.57 Å². The highest BCUT2D eigenvalue weighted by molar-refractivity contribution is 7.64. The molecule has 0 saturated heterocycles. The van der Waals surface area contributed by atoms with Crippen molar-refractivity contribution >= 4 is 13.3 Å². The Hall–Kier alpha value is -0.880. The van der Waals surface area contributed by atoms with E-state index in [2.05, 4.69) is 60.6 Å². The zero-order valence-electron chi connectivity index (χ0n) is 17.2. The molecule has 0 aromatic heterocycles. The summed E-state index contributed by atoms with van der Waals surface area (Å²) in [6.07, 6.45) is 4.84. The summed E-state index contributed by atoms with van der Waals surface area (Å²) in [4.78, 5) is 13.1. The molecule has 0 heterocycles. The topological polar surface area (TPSA) is 34.1 Å². The summed E-state index contributed by atoms with van der Waals surface area (Å²) >= 11 is 0. The lowest BCUT2D eigenvalue weighted by atomic mass is 9.85. The standard InChI is InChI=1S/C22H37O2P/c1-8-9-10-11-12-25(24)22(23)21-19(16(4)5)13-18(15(2)3)14-20(21)17(6)7/h13-17,25H,8-12H2,1-7H3. The average molecular weight is 365 g/mol. The lowest BCUT2D eigenvalue weighted by molar-refractivity contribution is 0.107. The molecule has 142 valence electrons. The molecule has 1 atom stereocenters. The maximum absolute atomic E-state index is 13.1. The van der Waals surface area contributed by atoms with Crippen LogP contribution >= 0.6 is 7.80 Å². The molecule has 0 bridgehead atoms. The highest BCUT2D eigenvalue weighted by Gasteiger charge is 2.25. The maximum atomic E-state index is 13.1. The van der Waals surface area contributed by atoms with Crippen molar-refractivity contribution in [1.29, 1.82) is 0 Å². The van der Waals surface area contributed by atoms with Gasteiger partial charge in [0.15, 0.2) is 0 Å². The van der Waals surface area contributed by atoms with E-state index < -0.39 is 7.80 Å². The number of carbonyl (C=O) groups excluding carboxylic acids is 1. The molecule has 0 aliphatic carbocycles. The second-order valence-corrected chi connectivity index (χ2v) is 9.90. The van der Waals surface area contributed by atoms with E-state index in [4.69, 9.17) is 0 Å². The second kappa shape index (κ2) is 10.3. The first kappa shape index (κ1) is 22.2. The Morgan fingerprint density at radius 2 is 1.40 bits per heavy atom. The van der Waals surface area contributed by atoms with E-state index in [-0.39, 0.29) is 17.4 Å². The van der Waals surface area contributed by atoms with Gasteiger partial charge in [0.1, 0.15) is 7.80 Å². The molecule has 3 heteroatoms. The van der Waals surface area contributed by atoms with E-state index in [1.54, 1.807) is 0 Å². The number of hydrogen-bond donors (Lipinski definition) is 0. The highest BCUT2D eigenvalue weighted by Crippen LogP contribution is 2.38. The Balaban J connectivity index is 3.26. The molecular weight excluding hydrogens is 327 g/mol. The van der Waals surface area contributed by atoms with Crippen LogP contribution in [-0.4, -0.2) is 11.7 Å². The van der Waals surface area contributed by atoms with E-state index in [1.165, 1.54) is 5.56 Å². The molecule has 0 aliphatic rings. The summed E-state index contributed by atoms with van der Waals surface area (Å²) < 4.78 is 12.7. The van der Waals surface area contributed by atoms with Crippen LogP contribution in [0, 0.1) is 0 Å². The average Bonchev–Trinajstić information content (AvgIpc) is 2.56. The minimum Gasteiger partial charge on any atom is -0.318 e. The maximum Gasteiger partial charge on any atom is 0.219 e. The van der Waals surface area contributed by atoms with Crippen LogP contribution in [0.2, 0.25) is 0 Å². The Kier molecular flexibility index (Phi) is 9.14. The van der Waals surface area contributed by atoms with Crippen LogP contribution in [0.15, 0.2) is 12.1 Å². The summed E-state index contributed by atoms with van der Waals surface area (Å²) in [6.45, 7) is 15.0. The fourth-order valence-electron chi connectivity index (χ4n) is 3.18.